The summed E-state index contributed by atoms with van der Waals surface area (Å²) in [5.74, 6) is 0. The van der Waals surface area contributed by atoms with Gasteiger partial charge in [-0.05, 0) is 6.07 Å². The van der Waals surface area contributed by atoms with Crippen LogP contribution in [0.25, 0.3) is 0 Å². The van der Waals surface area contributed by atoms with Gasteiger partial charge in [0, 0.05) is 44.8 Å². The first kappa shape index (κ1) is 11.0. The van der Waals surface area contributed by atoms with Gasteiger partial charge in [0.25, 0.3) is 0 Å². The minimum atomic E-state index is 0.661. The van der Waals surface area contributed by atoms with Crippen molar-refractivity contribution in [1.82, 2.24) is 14.8 Å². The third kappa shape index (κ3) is 2.33. The third-order valence-electron chi connectivity index (χ3n) is 2.34. The van der Waals surface area contributed by atoms with Gasteiger partial charge in [-0.1, -0.05) is 11.6 Å². The van der Waals surface area contributed by atoms with Crippen LogP contribution in [0.1, 0.15) is 5.56 Å². The van der Waals surface area contributed by atoms with E-state index in [-0.39, 0.29) is 0 Å². The molecule has 0 aromatic carbocycles. The summed E-state index contributed by atoms with van der Waals surface area (Å²) in [7, 11) is 3.90. The van der Waals surface area contributed by atoms with E-state index in [4.69, 9.17) is 11.6 Å². The summed E-state index contributed by atoms with van der Waals surface area (Å²) in [5, 5.41) is 4.79. The smallest absolute Gasteiger partial charge is 0.0822 e. The molecular formula is C11H13ClN4. The number of aromatic nitrogens is 3. The van der Waals surface area contributed by atoms with Gasteiger partial charge < -0.3 is 4.90 Å². The lowest BCUT2D eigenvalue weighted by Crippen LogP contribution is -2.16. The monoisotopic (exact) mass is 236 g/mol. The van der Waals surface area contributed by atoms with E-state index >= 15 is 0 Å². The Hall–Kier alpha value is -1.55. The van der Waals surface area contributed by atoms with Gasteiger partial charge in [0.05, 0.1) is 16.9 Å². The number of pyridine rings is 1. The van der Waals surface area contributed by atoms with E-state index < -0.39 is 0 Å². The van der Waals surface area contributed by atoms with E-state index in [2.05, 4.69) is 15.0 Å². The molecule has 0 spiro atoms. The van der Waals surface area contributed by atoms with E-state index in [0.717, 1.165) is 17.8 Å². The Balaban J connectivity index is 2.14. The molecule has 16 heavy (non-hydrogen) atoms. The fraction of sp³-hybridized carbons (Fsp3) is 0.273. The Bertz CT molecular complexity index is 480. The highest BCUT2D eigenvalue weighted by Crippen LogP contribution is 2.24. The molecule has 0 fully saturated rings. The summed E-state index contributed by atoms with van der Waals surface area (Å²) in [6.07, 6.45) is 7.23. The zero-order valence-electron chi connectivity index (χ0n) is 9.26. The van der Waals surface area contributed by atoms with Crippen molar-refractivity contribution >= 4 is 17.3 Å². The van der Waals surface area contributed by atoms with Crippen LogP contribution in [0.4, 0.5) is 5.69 Å². The topological polar surface area (TPSA) is 34.0 Å². The third-order valence-corrected chi connectivity index (χ3v) is 2.63. The highest BCUT2D eigenvalue weighted by molar-refractivity contribution is 6.33. The second kappa shape index (κ2) is 4.53. The van der Waals surface area contributed by atoms with Gasteiger partial charge in [-0.2, -0.15) is 5.10 Å². The van der Waals surface area contributed by atoms with E-state index in [1.807, 2.05) is 32.6 Å². The minimum Gasteiger partial charge on any atom is -0.369 e. The van der Waals surface area contributed by atoms with Crippen molar-refractivity contribution in [3.63, 3.8) is 0 Å². The Morgan fingerprint density at radius 2 is 2.25 bits per heavy atom. The summed E-state index contributed by atoms with van der Waals surface area (Å²) >= 11 is 6.07. The molecular weight excluding hydrogens is 224 g/mol. The summed E-state index contributed by atoms with van der Waals surface area (Å²) in [5.41, 5.74) is 2.12. The SMILES string of the molecule is CN(Cc1cnn(C)c1)c1ccncc1Cl. The van der Waals surface area contributed by atoms with E-state index in [1.54, 1.807) is 17.1 Å². The molecule has 2 rings (SSSR count). The molecule has 4 nitrogen and oxygen atoms in total. The largest absolute Gasteiger partial charge is 0.369 e. The van der Waals surface area contributed by atoms with Gasteiger partial charge in [0.15, 0.2) is 0 Å². The zero-order valence-corrected chi connectivity index (χ0v) is 10.0. The Morgan fingerprint density at radius 3 is 2.88 bits per heavy atom. The second-order valence-electron chi connectivity index (χ2n) is 3.71. The van der Waals surface area contributed by atoms with Gasteiger partial charge in [-0.25, -0.2) is 0 Å². The molecule has 2 heterocycles. The fourth-order valence-corrected chi connectivity index (χ4v) is 1.85. The Labute approximate surface area is 99.5 Å². The van der Waals surface area contributed by atoms with Crippen molar-refractivity contribution in [3.8, 4) is 0 Å². The molecule has 2 aromatic heterocycles. The average molecular weight is 237 g/mol. The van der Waals surface area contributed by atoms with Crippen molar-refractivity contribution < 1.29 is 0 Å². The van der Waals surface area contributed by atoms with Crippen molar-refractivity contribution in [2.75, 3.05) is 11.9 Å². The molecule has 0 aliphatic heterocycles. The van der Waals surface area contributed by atoms with Gasteiger partial charge >= 0.3 is 0 Å². The molecule has 0 bridgehead atoms. The van der Waals surface area contributed by atoms with Crippen LogP contribution in [0.5, 0.6) is 0 Å². The van der Waals surface area contributed by atoms with E-state index in [9.17, 15) is 0 Å². The van der Waals surface area contributed by atoms with Crippen LogP contribution in [0.15, 0.2) is 30.9 Å². The normalized spacial score (nSPS) is 10.4. The molecule has 0 atom stereocenters. The van der Waals surface area contributed by atoms with E-state index in [1.165, 1.54) is 0 Å². The number of hydrogen-bond donors (Lipinski definition) is 0. The maximum absolute atomic E-state index is 6.07. The van der Waals surface area contributed by atoms with Gasteiger partial charge in [-0.3, -0.25) is 9.67 Å². The molecule has 2 aromatic rings. The average Bonchev–Trinajstić information content (AvgIpc) is 2.64. The predicted molar refractivity (Wildman–Crippen MR) is 64.6 cm³/mol. The lowest BCUT2D eigenvalue weighted by molar-refractivity contribution is 0.766. The summed E-state index contributed by atoms with van der Waals surface area (Å²) < 4.78 is 1.79. The predicted octanol–water partition coefficient (Wildman–Crippen LogP) is 2.10. The fourth-order valence-electron chi connectivity index (χ4n) is 1.59. The van der Waals surface area contributed by atoms with Crippen LogP contribution >= 0.6 is 11.6 Å². The molecule has 0 unspecified atom stereocenters. The number of hydrogen-bond acceptors (Lipinski definition) is 3. The lowest BCUT2D eigenvalue weighted by Gasteiger charge is -2.19. The minimum absolute atomic E-state index is 0.661. The van der Waals surface area contributed by atoms with Gasteiger partial charge in [-0.15, -0.1) is 0 Å². The molecule has 0 radical (unpaired) electrons. The molecule has 84 valence electrons. The van der Waals surface area contributed by atoms with E-state index in [0.29, 0.717) is 5.02 Å². The first-order valence-corrected chi connectivity index (χ1v) is 5.33. The van der Waals surface area contributed by atoms with Gasteiger partial charge in [0.1, 0.15) is 0 Å². The Kier molecular flexibility index (Phi) is 3.10. The molecule has 0 saturated carbocycles. The molecule has 0 aliphatic rings. The molecule has 0 aliphatic carbocycles. The lowest BCUT2D eigenvalue weighted by atomic mass is 10.3. The van der Waals surface area contributed by atoms with Crippen LogP contribution in [-0.2, 0) is 13.6 Å². The quantitative estimate of drug-likeness (QED) is 0.819. The number of aryl methyl sites for hydroxylation is 1. The highest BCUT2D eigenvalue weighted by atomic mass is 35.5. The zero-order chi connectivity index (χ0) is 11.5. The van der Waals surface area contributed by atoms with Crippen LogP contribution in [0.2, 0.25) is 5.02 Å². The van der Waals surface area contributed by atoms with Gasteiger partial charge in [0.2, 0.25) is 0 Å². The highest BCUT2D eigenvalue weighted by Gasteiger charge is 2.07. The van der Waals surface area contributed by atoms with Crippen LogP contribution in [0, 0.1) is 0 Å². The molecule has 0 N–H and O–H groups in total. The standard InChI is InChI=1S/C11H13ClN4/c1-15(7-9-5-14-16(2)8-9)11-3-4-13-6-10(11)12/h3-6,8H,7H2,1-2H3. The van der Waals surface area contributed by atoms with Crippen molar-refractivity contribution in [2.24, 2.45) is 7.05 Å². The van der Waals surface area contributed by atoms with Crippen molar-refractivity contribution in [1.29, 1.82) is 0 Å². The first-order valence-electron chi connectivity index (χ1n) is 4.95. The molecule has 0 amide bonds. The van der Waals surface area contributed by atoms with Crippen LogP contribution in [-0.4, -0.2) is 21.8 Å². The summed E-state index contributed by atoms with van der Waals surface area (Å²) in [4.78, 5) is 6.03. The summed E-state index contributed by atoms with van der Waals surface area (Å²) in [6.45, 7) is 0.775. The maximum atomic E-state index is 6.07. The molecule has 5 heteroatoms. The van der Waals surface area contributed by atoms with Crippen LogP contribution in [0.3, 0.4) is 0 Å². The first-order chi connectivity index (χ1) is 7.66. The number of anilines is 1. The van der Waals surface area contributed by atoms with Crippen molar-refractivity contribution in [3.05, 3.63) is 41.4 Å². The second-order valence-corrected chi connectivity index (χ2v) is 4.11. The molecule has 0 saturated heterocycles. The van der Waals surface area contributed by atoms with Crippen LogP contribution < -0.4 is 4.90 Å². The number of nitrogens with zero attached hydrogens (tertiary/aromatic N) is 4. The maximum Gasteiger partial charge on any atom is 0.0822 e. The summed E-state index contributed by atoms with van der Waals surface area (Å²) in [6, 6.07) is 1.90. The number of halogens is 1. The van der Waals surface area contributed by atoms with Crippen molar-refractivity contribution in [2.45, 2.75) is 6.54 Å². The number of rotatable bonds is 3. The Morgan fingerprint density at radius 1 is 1.44 bits per heavy atom.